The van der Waals surface area contributed by atoms with Crippen molar-refractivity contribution >= 4 is 23.2 Å². The van der Waals surface area contributed by atoms with E-state index in [-0.39, 0.29) is 0 Å². The quantitative estimate of drug-likeness (QED) is 0.686. The molecule has 2 nitrogen and oxygen atoms in total. The Bertz CT molecular complexity index is 247. The number of hydrogen-bond donors (Lipinski definition) is 2. The summed E-state index contributed by atoms with van der Waals surface area (Å²) in [4.78, 5) is 0. The van der Waals surface area contributed by atoms with Gasteiger partial charge in [-0.25, -0.2) is 0 Å². The van der Waals surface area contributed by atoms with Gasteiger partial charge < -0.3 is 10.0 Å². The maximum absolute atomic E-state index is 8.86. The summed E-state index contributed by atoms with van der Waals surface area (Å²) >= 11 is 1.40. The van der Waals surface area contributed by atoms with Crippen LogP contribution < -0.4 is 4.78 Å². The lowest BCUT2D eigenvalue weighted by atomic mass is 9.88. The molecule has 12 heavy (non-hydrogen) atoms. The average molecular weight is 184 g/mol. The van der Waals surface area contributed by atoms with E-state index in [9.17, 15) is 0 Å². The highest BCUT2D eigenvalue weighted by Gasteiger charge is 2.15. The molecule has 1 aromatic heterocycles. The zero-order valence-electron chi connectivity index (χ0n) is 7.32. The van der Waals surface area contributed by atoms with E-state index in [1.54, 1.807) is 0 Å². The predicted octanol–water partition coefficient (Wildman–Crippen LogP) is 0.941. The first-order chi connectivity index (χ1) is 5.65. The standard InChI is InChI=1S/C8H13BO2S/c1-3-6(2)7-4-8(9(10)11)12-5-7/h4-6,10-11H,3H2,1-2H3. The molecule has 0 aromatic carbocycles. The third-order valence-electron chi connectivity index (χ3n) is 2.08. The van der Waals surface area contributed by atoms with Crippen LogP contribution in [0.4, 0.5) is 0 Å². The van der Waals surface area contributed by atoms with Crippen molar-refractivity contribution in [3.05, 3.63) is 17.0 Å². The minimum Gasteiger partial charge on any atom is -0.423 e. The van der Waals surface area contributed by atoms with E-state index >= 15 is 0 Å². The van der Waals surface area contributed by atoms with Gasteiger partial charge >= 0.3 is 7.12 Å². The SMILES string of the molecule is CCC(C)c1csc(B(O)O)c1. The van der Waals surface area contributed by atoms with Crippen molar-refractivity contribution in [3.63, 3.8) is 0 Å². The molecule has 2 N–H and O–H groups in total. The van der Waals surface area contributed by atoms with Crippen LogP contribution in [0, 0.1) is 0 Å². The van der Waals surface area contributed by atoms with Gasteiger partial charge in [-0.2, -0.15) is 11.3 Å². The van der Waals surface area contributed by atoms with E-state index in [1.807, 2.05) is 11.4 Å². The van der Waals surface area contributed by atoms with Crippen LogP contribution in [-0.4, -0.2) is 17.2 Å². The van der Waals surface area contributed by atoms with Crippen LogP contribution in [0.25, 0.3) is 0 Å². The average Bonchev–Trinajstić information content (AvgIpc) is 2.51. The number of hydrogen-bond acceptors (Lipinski definition) is 3. The molecule has 1 heterocycles. The molecule has 0 bridgehead atoms. The fraction of sp³-hybridized carbons (Fsp3) is 0.500. The van der Waals surface area contributed by atoms with Gasteiger partial charge in [0.2, 0.25) is 0 Å². The van der Waals surface area contributed by atoms with Crippen molar-refractivity contribution in [2.24, 2.45) is 0 Å². The van der Waals surface area contributed by atoms with Crippen molar-refractivity contribution in [2.75, 3.05) is 0 Å². The Balaban J connectivity index is 2.77. The van der Waals surface area contributed by atoms with E-state index in [1.165, 1.54) is 16.9 Å². The minimum atomic E-state index is -1.31. The maximum atomic E-state index is 8.86. The van der Waals surface area contributed by atoms with E-state index in [0.29, 0.717) is 10.7 Å². The summed E-state index contributed by atoms with van der Waals surface area (Å²) in [6.07, 6.45) is 1.08. The maximum Gasteiger partial charge on any atom is 0.499 e. The molecule has 0 amide bonds. The second-order valence-corrected chi connectivity index (χ2v) is 3.91. The lowest BCUT2D eigenvalue weighted by Crippen LogP contribution is -2.26. The highest BCUT2D eigenvalue weighted by molar-refractivity contribution is 7.20. The molecule has 0 saturated heterocycles. The molecule has 0 aliphatic heterocycles. The van der Waals surface area contributed by atoms with Crippen LogP contribution in [0.3, 0.4) is 0 Å². The molecule has 0 radical (unpaired) electrons. The van der Waals surface area contributed by atoms with E-state index in [0.717, 1.165) is 6.42 Å². The Morgan fingerprint density at radius 1 is 1.58 bits per heavy atom. The van der Waals surface area contributed by atoms with Gasteiger partial charge in [0.1, 0.15) is 0 Å². The molecule has 1 aromatic rings. The molecule has 66 valence electrons. The highest BCUT2D eigenvalue weighted by atomic mass is 32.1. The summed E-state index contributed by atoms with van der Waals surface area (Å²) in [7, 11) is -1.31. The van der Waals surface area contributed by atoms with Gasteiger partial charge in [-0.15, -0.1) is 0 Å². The largest absolute Gasteiger partial charge is 0.499 e. The van der Waals surface area contributed by atoms with Crippen LogP contribution in [-0.2, 0) is 0 Å². The molecule has 0 saturated carbocycles. The van der Waals surface area contributed by atoms with E-state index < -0.39 is 7.12 Å². The van der Waals surface area contributed by atoms with E-state index in [4.69, 9.17) is 10.0 Å². The minimum absolute atomic E-state index is 0.508. The summed E-state index contributed by atoms with van der Waals surface area (Å²) in [5.41, 5.74) is 1.20. The summed E-state index contributed by atoms with van der Waals surface area (Å²) in [5, 5.41) is 19.7. The van der Waals surface area contributed by atoms with Gasteiger partial charge in [0.05, 0.1) is 0 Å². The molecule has 0 spiro atoms. The van der Waals surface area contributed by atoms with Crippen LogP contribution in [0.5, 0.6) is 0 Å². The Morgan fingerprint density at radius 2 is 2.25 bits per heavy atom. The van der Waals surface area contributed by atoms with Crippen molar-refractivity contribution < 1.29 is 10.0 Å². The molecular weight excluding hydrogens is 171 g/mol. The predicted molar refractivity (Wildman–Crippen MR) is 52.9 cm³/mol. The van der Waals surface area contributed by atoms with Crippen LogP contribution >= 0.6 is 11.3 Å². The molecule has 0 aliphatic rings. The van der Waals surface area contributed by atoms with Gasteiger partial charge in [-0.1, -0.05) is 13.8 Å². The van der Waals surface area contributed by atoms with E-state index in [2.05, 4.69) is 13.8 Å². The fourth-order valence-electron chi connectivity index (χ4n) is 0.998. The van der Waals surface area contributed by atoms with Gasteiger partial charge in [-0.05, 0) is 29.3 Å². The molecular formula is C8H13BO2S. The fourth-order valence-corrected chi connectivity index (χ4v) is 1.90. The van der Waals surface area contributed by atoms with Crippen molar-refractivity contribution in [2.45, 2.75) is 26.2 Å². The number of thiophene rings is 1. The molecule has 4 heteroatoms. The van der Waals surface area contributed by atoms with Crippen LogP contribution in [0.15, 0.2) is 11.4 Å². The third-order valence-corrected chi connectivity index (χ3v) is 3.07. The van der Waals surface area contributed by atoms with Crippen LogP contribution in [0.1, 0.15) is 31.7 Å². The smallest absolute Gasteiger partial charge is 0.423 e. The van der Waals surface area contributed by atoms with Crippen molar-refractivity contribution in [3.8, 4) is 0 Å². The van der Waals surface area contributed by atoms with Gasteiger partial charge in [0, 0.05) is 4.78 Å². The molecule has 1 unspecified atom stereocenters. The zero-order chi connectivity index (χ0) is 9.14. The molecule has 0 fully saturated rings. The van der Waals surface area contributed by atoms with Crippen molar-refractivity contribution in [1.82, 2.24) is 0 Å². The Hall–Kier alpha value is -0.315. The Morgan fingerprint density at radius 3 is 2.67 bits per heavy atom. The zero-order valence-corrected chi connectivity index (χ0v) is 8.14. The monoisotopic (exact) mass is 184 g/mol. The van der Waals surface area contributed by atoms with Crippen LogP contribution in [0.2, 0.25) is 0 Å². The highest BCUT2D eigenvalue weighted by Crippen LogP contribution is 2.19. The molecule has 0 aliphatic carbocycles. The Labute approximate surface area is 77.0 Å². The van der Waals surface area contributed by atoms with Gasteiger partial charge in [0.25, 0.3) is 0 Å². The lowest BCUT2D eigenvalue weighted by Gasteiger charge is -2.03. The Kier molecular flexibility index (Phi) is 3.32. The summed E-state index contributed by atoms with van der Waals surface area (Å²) in [6.45, 7) is 4.26. The first-order valence-electron chi connectivity index (χ1n) is 4.09. The normalized spacial score (nSPS) is 13.0. The lowest BCUT2D eigenvalue weighted by molar-refractivity contribution is 0.427. The summed E-state index contributed by atoms with van der Waals surface area (Å²) < 4.78 is 0.630. The topological polar surface area (TPSA) is 40.5 Å². The first-order valence-corrected chi connectivity index (χ1v) is 4.97. The molecule has 1 rings (SSSR count). The number of rotatable bonds is 3. The summed E-state index contributed by atoms with van der Waals surface area (Å²) in [5.74, 6) is 0.508. The first kappa shape index (κ1) is 9.77. The molecule has 1 atom stereocenters. The third kappa shape index (κ3) is 2.09. The van der Waals surface area contributed by atoms with Crippen molar-refractivity contribution in [1.29, 1.82) is 0 Å². The summed E-state index contributed by atoms with van der Waals surface area (Å²) in [6, 6.07) is 1.86. The second kappa shape index (κ2) is 4.07. The van der Waals surface area contributed by atoms with Gasteiger partial charge in [0.15, 0.2) is 0 Å². The second-order valence-electron chi connectivity index (χ2n) is 2.97. The van der Waals surface area contributed by atoms with Gasteiger partial charge in [-0.3, -0.25) is 0 Å².